The fourth-order valence-corrected chi connectivity index (χ4v) is 2.91. The molecule has 1 rings (SSSR count). The molecule has 146 valence electrons. The maximum atomic E-state index is 11.3. The van der Waals surface area contributed by atoms with Gasteiger partial charge in [0.05, 0.1) is 13.2 Å². The molecule has 1 heterocycles. The number of carbonyl (C=O) groups is 1. The van der Waals surface area contributed by atoms with E-state index in [9.17, 15) is 15.0 Å². The Morgan fingerprint density at radius 1 is 1.00 bits per heavy atom. The molecule has 0 aromatic carbocycles. The molecule has 1 aliphatic heterocycles. The van der Waals surface area contributed by atoms with E-state index >= 15 is 0 Å². The lowest BCUT2D eigenvalue weighted by Gasteiger charge is -2.18. The molecule has 0 spiro atoms. The van der Waals surface area contributed by atoms with Crippen molar-refractivity contribution in [2.45, 2.75) is 89.8 Å². The van der Waals surface area contributed by atoms with Crippen molar-refractivity contribution in [3.63, 3.8) is 0 Å². The van der Waals surface area contributed by atoms with E-state index in [1.165, 1.54) is 51.4 Å². The molecule has 0 unspecified atom stereocenters. The van der Waals surface area contributed by atoms with E-state index < -0.39 is 30.5 Å². The molecule has 3 N–H and O–H groups in total. The highest BCUT2D eigenvalue weighted by molar-refractivity contribution is 5.89. The average molecular weight is 358 g/mol. The zero-order chi connectivity index (χ0) is 18.5. The molecule has 6 heteroatoms. The van der Waals surface area contributed by atoms with E-state index in [2.05, 4.69) is 6.92 Å². The molecular formula is C19H34O6. The molecule has 0 saturated heterocycles. The van der Waals surface area contributed by atoms with Crippen molar-refractivity contribution in [2.24, 2.45) is 0 Å². The molecule has 0 aliphatic carbocycles. The fraction of sp³-hybridized carbons (Fsp3) is 0.842. The third-order valence-corrected chi connectivity index (χ3v) is 4.46. The lowest BCUT2D eigenvalue weighted by Crippen LogP contribution is -2.32. The number of unbranched alkanes of at least 4 members (excludes halogenated alkanes) is 10. The second kappa shape index (κ2) is 13.0. The summed E-state index contributed by atoms with van der Waals surface area (Å²) in [6.45, 7) is 2.01. The van der Waals surface area contributed by atoms with Gasteiger partial charge in [0.2, 0.25) is 5.76 Å². The average Bonchev–Trinajstić information content (AvgIpc) is 2.90. The van der Waals surface area contributed by atoms with Gasteiger partial charge in [0.15, 0.2) is 11.9 Å². The van der Waals surface area contributed by atoms with Crippen LogP contribution in [0.4, 0.5) is 0 Å². The lowest BCUT2D eigenvalue weighted by molar-refractivity contribution is -0.148. The molecular weight excluding hydrogens is 324 g/mol. The Labute approximate surface area is 150 Å². The van der Waals surface area contributed by atoms with Crippen molar-refractivity contribution < 1.29 is 29.6 Å². The largest absolute Gasteiger partial charge is 0.499 e. The van der Waals surface area contributed by atoms with Gasteiger partial charge in [-0.05, 0) is 6.42 Å². The summed E-state index contributed by atoms with van der Waals surface area (Å²) < 4.78 is 10.2. The van der Waals surface area contributed by atoms with Gasteiger partial charge in [0.1, 0.15) is 6.10 Å². The molecule has 6 nitrogen and oxygen atoms in total. The minimum atomic E-state index is -1.29. The number of ether oxygens (including phenoxy) is 2. The summed E-state index contributed by atoms with van der Waals surface area (Å²) in [5.41, 5.74) is 0. The maximum Gasteiger partial charge on any atom is 0.378 e. The van der Waals surface area contributed by atoms with Gasteiger partial charge < -0.3 is 24.8 Å². The molecule has 0 amide bonds. The van der Waals surface area contributed by atoms with Crippen molar-refractivity contribution >= 4 is 5.97 Å². The number of esters is 1. The van der Waals surface area contributed by atoms with Gasteiger partial charge in [-0.2, -0.15) is 0 Å². The Balaban J connectivity index is 2.06. The number of rotatable bonds is 15. The van der Waals surface area contributed by atoms with E-state index in [-0.39, 0.29) is 5.76 Å². The molecule has 25 heavy (non-hydrogen) atoms. The minimum absolute atomic E-state index is 0.0707. The summed E-state index contributed by atoms with van der Waals surface area (Å²) in [5.74, 6) is -1.61. The quantitative estimate of drug-likeness (QED) is 0.307. The van der Waals surface area contributed by atoms with Crippen LogP contribution in [0.15, 0.2) is 11.5 Å². The Hall–Kier alpha value is -1.27. The van der Waals surface area contributed by atoms with Crippen LogP contribution in [0.1, 0.15) is 77.6 Å². The van der Waals surface area contributed by atoms with Crippen molar-refractivity contribution in [1.29, 1.82) is 0 Å². The SMILES string of the molecule is CCCCCCCCCCCCCOC1=C(O)C(=O)O[C@@H]1[C@@H](O)CO. The first-order valence-electron chi connectivity index (χ1n) is 9.67. The second-order valence-corrected chi connectivity index (χ2v) is 6.67. The Bertz CT molecular complexity index is 407. The Kier molecular flexibility index (Phi) is 11.3. The van der Waals surface area contributed by atoms with Crippen LogP contribution in [-0.2, 0) is 14.3 Å². The van der Waals surface area contributed by atoms with Crippen molar-refractivity contribution in [3.05, 3.63) is 11.5 Å². The summed E-state index contributed by atoms with van der Waals surface area (Å²) in [4.78, 5) is 11.3. The van der Waals surface area contributed by atoms with Crippen molar-refractivity contribution in [2.75, 3.05) is 13.2 Å². The van der Waals surface area contributed by atoms with Gasteiger partial charge in [-0.15, -0.1) is 0 Å². The van der Waals surface area contributed by atoms with E-state index in [0.717, 1.165) is 19.3 Å². The third-order valence-electron chi connectivity index (χ3n) is 4.46. The minimum Gasteiger partial charge on any atom is -0.499 e. The first-order valence-corrected chi connectivity index (χ1v) is 9.67. The van der Waals surface area contributed by atoms with Gasteiger partial charge in [0.25, 0.3) is 0 Å². The summed E-state index contributed by atoms with van der Waals surface area (Å²) in [7, 11) is 0. The monoisotopic (exact) mass is 358 g/mol. The van der Waals surface area contributed by atoms with E-state index in [0.29, 0.717) is 6.61 Å². The third kappa shape index (κ3) is 8.10. The van der Waals surface area contributed by atoms with Crippen LogP contribution in [-0.4, -0.2) is 46.7 Å². The topological polar surface area (TPSA) is 96.2 Å². The van der Waals surface area contributed by atoms with Gasteiger partial charge in [-0.3, -0.25) is 0 Å². The van der Waals surface area contributed by atoms with Crippen LogP contribution in [0.3, 0.4) is 0 Å². The number of hydrogen-bond donors (Lipinski definition) is 3. The van der Waals surface area contributed by atoms with Crippen LogP contribution >= 0.6 is 0 Å². The molecule has 0 aromatic heterocycles. The normalized spacial score (nSPS) is 18.5. The number of aliphatic hydroxyl groups is 3. The Morgan fingerprint density at radius 2 is 1.52 bits per heavy atom. The summed E-state index contributed by atoms with van der Waals surface area (Å²) in [5, 5.41) is 28.2. The summed E-state index contributed by atoms with van der Waals surface area (Å²) in [6, 6.07) is 0. The van der Waals surface area contributed by atoms with Gasteiger partial charge in [-0.1, -0.05) is 71.1 Å². The molecule has 0 bridgehead atoms. The van der Waals surface area contributed by atoms with Crippen molar-refractivity contribution in [3.8, 4) is 0 Å². The second-order valence-electron chi connectivity index (χ2n) is 6.67. The maximum absolute atomic E-state index is 11.3. The highest BCUT2D eigenvalue weighted by Gasteiger charge is 2.40. The number of cyclic esters (lactones) is 1. The standard InChI is InChI=1S/C19H34O6/c1-2-3-4-5-6-7-8-9-10-11-12-13-24-18-16(22)19(23)25-17(18)15(21)14-20/h15,17,20-22H,2-14H2,1H3/t15-,17+/m0/s1. The number of aliphatic hydroxyl groups excluding tert-OH is 3. The smallest absolute Gasteiger partial charge is 0.378 e. The van der Waals surface area contributed by atoms with E-state index in [1.54, 1.807) is 0 Å². The molecule has 0 aromatic rings. The predicted octanol–water partition coefficient (Wildman–Crippen LogP) is 3.36. The zero-order valence-corrected chi connectivity index (χ0v) is 15.4. The summed E-state index contributed by atoms with van der Waals surface area (Å²) >= 11 is 0. The first kappa shape index (κ1) is 21.8. The number of carbonyl (C=O) groups excluding carboxylic acids is 1. The van der Waals surface area contributed by atoms with Crippen LogP contribution in [0.2, 0.25) is 0 Å². The molecule has 0 fully saturated rings. The molecule has 0 radical (unpaired) electrons. The first-order chi connectivity index (χ1) is 12.1. The fourth-order valence-electron chi connectivity index (χ4n) is 2.91. The number of hydrogen-bond acceptors (Lipinski definition) is 6. The highest BCUT2D eigenvalue weighted by atomic mass is 16.6. The highest BCUT2D eigenvalue weighted by Crippen LogP contribution is 2.25. The summed E-state index contributed by atoms with van der Waals surface area (Å²) in [6.07, 6.45) is 11.0. The van der Waals surface area contributed by atoms with Gasteiger partial charge in [0, 0.05) is 0 Å². The van der Waals surface area contributed by atoms with Gasteiger partial charge >= 0.3 is 5.97 Å². The van der Waals surface area contributed by atoms with Crippen molar-refractivity contribution in [1.82, 2.24) is 0 Å². The molecule has 2 atom stereocenters. The van der Waals surface area contributed by atoms with Crippen LogP contribution < -0.4 is 0 Å². The zero-order valence-electron chi connectivity index (χ0n) is 15.4. The van der Waals surface area contributed by atoms with Crippen LogP contribution in [0.5, 0.6) is 0 Å². The van der Waals surface area contributed by atoms with Crippen LogP contribution in [0.25, 0.3) is 0 Å². The molecule has 1 aliphatic rings. The lowest BCUT2D eigenvalue weighted by atomic mass is 10.1. The van der Waals surface area contributed by atoms with Crippen LogP contribution in [0, 0.1) is 0 Å². The van der Waals surface area contributed by atoms with Gasteiger partial charge in [-0.25, -0.2) is 4.79 Å². The van der Waals surface area contributed by atoms with E-state index in [1.807, 2.05) is 0 Å². The van der Waals surface area contributed by atoms with E-state index in [4.69, 9.17) is 14.6 Å². The predicted molar refractivity (Wildman–Crippen MR) is 95.0 cm³/mol. The molecule has 0 saturated carbocycles. The Morgan fingerprint density at radius 3 is 2.04 bits per heavy atom.